The first-order valence-electron chi connectivity index (χ1n) is 7.07. The van der Waals surface area contributed by atoms with Crippen LogP contribution in [0.3, 0.4) is 0 Å². The van der Waals surface area contributed by atoms with Crippen LogP contribution in [0.15, 0.2) is 12.2 Å². The van der Waals surface area contributed by atoms with Gasteiger partial charge in [-0.25, -0.2) is 0 Å². The third kappa shape index (κ3) is 13.2. The van der Waals surface area contributed by atoms with Crippen molar-refractivity contribution in [3.05, 3.63) is 12.2 Å². The van der Waals surface area contributed by atoms with Gasteiger partial charge in [-0.3, -0.25) is 10.1 Å². The Bertz CT molecular complexity index is 218. The molecule has 0 unspecified atom stereocenters. The van der Waals surface area contributed by atoms with E-state index in [9.17, 15) is 4.79 Å². The summed E-state index contributed by atoms with van der Waals surface area (Å²) in [7, 11) is 0. The van der Waals surface area contributed by atoms with E-state index in [1.165, 1.54) is 19.3 Å². The minimum Gasteiger partial charge on any atom is -0.396 e. The van der Waals surface area contributed by atoms with Crippen molar-refractivity contribution in [1.29, 1.82) is 0 Å². The highest BCUT2D eigenvalue weighted by Gasteiger charge is 1.93. The average Bonchev–Trinajstić information content (AvgIpc) is 2.38. The monoisotopic (exact) mass is 256 g/mol. The Morgan fingerprint density at radius 1 is 1.11 bits per heavy atom. The molecule has 0 aromatic heterocycles. The second-order valence-corrected chi connectivity index (χ2v) is 4.37. The lowest BCUT2D eigenvalue weighted by molar-refractivity contribution is -0.116. The van der Waals surface area contributed by atoms with Gasteiger partial charge in [0.2, 0.25) is 5.91 Å². The predicted molar refractivity (Wildman–Crippen MR) is 75.2 cm³/mol. The van der Waals surface area contributed by atoms with E-state index in [1.54, 1.807) is 6.08 Å². The molecule has 3 N–H and O–H groups in total. The lowest BCUT2D eigenvalue weighted by Crippen LogP contribution is -2.33. The molecule has 0 rings (SSSR count). The maximum atomic E-state index is 11.2. The first-order chi connectivity index (χ1) is 8.81. The van der Waals surface area contributed by atoms with Gasteiger partial charge in [0.25, 0.3) is 0 Å². The molecule has 4 heteroatoms. The molecule has 0 bridgehead atoms. The highest BCUT2D eigenvalue weighted by molar-refractivity contribution is 5.87. The molecule has 1 amide bonds. The van der Waals surface area contributed by atoms with Gasteiger partial charge in [0.15, 0.2) is 0 Å². The van der Waals surface area contributed by atoms with E-state index in [0.717, 1.165) is 32.2 Å². The summed E-state index contributed by atoms with van der Waals surface area (Å²) >= 11 is 0. The molecule has 0 atom stereocenters. The largest absolute Gasteiger partial charge is 0.396 e. The number of carbonyl (C=O) groups is 1. The first kappa shape index (κ1) is 17.1. The Labute approximate surface area is 111 Å². The van der Waals surface area contributed by atoms with Gasteiger partial charge in [0.05, 0.1) is 6.67 Å². The molecule has 0 saturated carbocycles. The van der Waals surface area contributed by atoms with Crippen LogP contribution in [0.4, 0.5) is 0 Å². The van der Waals surface area contributed by atoms with Crippen LogP contribution in [0, 0.1) is 0 Å². The average molecular weight is 256 g/mol. The van der Waals surface area contributed by atoms with Crippen molar-refractivity contribution in [3.8, 4) is 0 Å². The van der Waals surface area contributed by atoms with E-state index in [2.05, 4.69) is 10.6 Å². The molecule has 0 aliphatic carbocycles. The third-order valence-corrected chi connectivity index (χ3v) is 2.65. The SMILES string of the molecule is CC/C=C/C(=O)NCNCCCCCCCCO. The molecule has 0 aromatic rings. The van der Waals surface area contributed by atoms with Gasteiger partial charge in [-0.1, -0.05) is 38.7 Å². The summed E-state index contributed by atoms with van der Waals surface area (Å²) in [5.41, 5.74) is 0. The van der Waals surface area contributed by atoms with E-state index in [1.807, 2.05) is 13.0 Å². The lowest BCUT2D eigenvalue weighted by Gasteiger charge is -2.05. The maximum absolute atomic E-state index is 11.2. The number of carbonyl (C=O) groups excluding carboxylic acids is 1. The molecule has 106 valence electrons. The normalized spacial score (nSPS) is 11.0. The highest BCUT2D eigenvalue weighted by atomic mass is 16.2. The van der Waals surface area contributed by atoms with Crippen LogP contribution in [0.25, 0.3) is 0 Å². The van der Waals surface area contributed by atoms with E-state index < -0.39 is 0 Å². The van der Waals surface area contributed by atoms with Crippen LogP contribution in [0.1, 0.15) is 51.9 Å². The smallest absolute Gasteiger partial charge is 0.244 e. The first-order valence-corrected chi connectivity index (χ1v) is 7.07. The van der Waals surface area contributed by atoms with E-state index in [-0.39, 0.29) is 5.91 Å². The summed E-state index contributed by atoms with van der Waals surface area (Å²) in [5.74, 6) is -0.0339. The summed E-state index contributed by atoms with van der Waals surface area (Å²) in [6.45, 7) is 3.80. The number of aliphatic hydroxyl groups is 1. The van der Waals surface area contributed by atoms with Gasteiger partial charge in [-0.2, -0.15) is 0 Å². The summed E-state index contributed by atoms with van der Waals surface area (Å²) in [5, 5.41) is 14.6. The Balaban J connectivity index is 3.11. The van der Waals surface area contributed by atoms with Crippen LogP contribution >= 0.6 is 0 Å². The van der Waals surface area contributed by atoms with Crippen molar-refractivity contribution in [2.75, 3.05) is 19.8 Å². The summed E-state index contributed by atoms with van der Waals surface area (Å²) < 4.78 is 0. The second-order valence-electron chi connectivity index (χ2n) is 4.37. The number of hydrogen-bond donors (Lipinski definition) is 3. The molecule has 0 aromatic carbocycles. The number of allylic oxidation sites excluding steroid dienone is 1. The number of amides is 1. The van der Waals surface area contributed by atoms with Gasteiger partial charge in [0.1, 0.15) is 0 Å². The zero-order valence-corrected chi connectivity index (χ0v) is 11.6. The van der Waals surface area contributed by atoms with E-state index in [0.29, 0.717) is 13.3 Å². The molecule has 0 aliphatic rings. The standard InChI is InChI=1S/C14H28N2O2/c1-2-3-10-14(18)16-13-15-11-8-6-4-5-7-9-12-17/h3,10,15,17H,2,4-9,11-13H2,1H3,(H,16,18)/b10-3+. The van der Waals surface area contributed by atoms with Crippen LogP contribution in [-0.2, 0) is 4.79 Å². The fourth-order valence-corrected chi connectivity index (χ4v) is 1.59. The van der Waals surface area contributed by atoms with Crippen LogP contribution in [0.5, 0.6) is 0 Å². The van der Waals surface area contributed by atoms with Crippen molar-refractivity contribution < 1.29 is 9.90 Å². The zero-order chi connectivity index (χ0) is 13.5. The second kappa shape index (κ2) is 14.2. The zero-order valence-electron chi connectivity index (χ0n) is 11.6. The molecule has 0 aliphatic heterocycles. The third-order valence-electron chi connectivity index (χ3n) is 2.65. The summed E-state index contributed by atoms with van der Waals surface area (Å²) in [4.78, 5) is 11.2. The topological polar surface area (TPSA) is 61.4 Å². The molecule has 0 radical (unpaired) electrons. The van der Waals surface area contributed by atoms with E-state index in [4.69, 9.17) is 5.11 Å². The molecule has 0 saturated heterocycles. The van der Waals surface area contributed by atoms with E-state index >= 15 is 0 Å². The number of nitrogens with one attached hydrogen (secondary N) is 2. The van der Waals surface area contributed by atoms with Gasteiger partial charge in [-0.05, 0) is 31.9 Å². The fraction of sp³-hybridized carbons (Fsp3) is 0.786. The molecule has 18 heavy (non-hydrogen) atoms. The van der Waals surface area contributed by atoms with Gasteiger partial charge >= 0.3 is 0 Å². The quantitative estimate of drug-likeness (QED) is 0.284. The van der Waals surface area contributed by atoms with Crippen molar-refractivity contribution >= 4 is 5.91 Å². The molecule has 0 heterocycles. The molecule has 4 nitrogen and oxygen atoms in total. The Morgan fingerprint density at radius 2 is 1.78 bits per heavy atom. The van der Waals surface area contributed by atoms with Crippen molar-refractivity contribution in [2.24, 2.45) is 0 Å². The van der Waals surface area contributed by atoms with Gasteiger partial charge in [-0.15, -0.1) is 0 Å². The Kier molecular flexibility index (Phi) is 13.5. The van der Waals surface area contributed by atoms with Crippen LogP contribution < -0.4 is 10.6 Å². The molecule has 0 spiro atoms. The molecular weight excluding hydrogens is 228 g/mol. The minimum absolute atomic E-state index is 0.0339. The summed E-state index contributed by atoms with van der Waals surface area (Å²) in [6, 6.07) is 0. The van der Waals surface area contributed by atoms with Crippen LogP contribution in [0.2, 0.25) is 0 Å². The predicted octanol–water partition coefficient (Wildman–Crippen LogP) is 1.95. The Morgan fingerprint density at radius 3 is 2.44 bits per heavy atom. The van der Waals surface area contributed by atoms with Crippen molar-refractivity contribution in [2.45, 2.75) is 51.9 Å². The number of rotatable bonds is 12. The van der Waals surface area contributed by atoms with Gasteiger partial charge in [0, 0.05) is 6.61 Å². The fourth-order valence-electron chi connectivity index (χ4n) is 1.59. The molecule has 0 fully saturated rings. The minimum atomic E-state index is -0.0339. The van der Waals surface area contributed by atoms with Crippen molar-refractivity contribution in [3.63, 3.8) is 0 Å². The number of aliphatic hydroxyl groups excluding tert-OH is 1. The maximum Gasteiger partial charge on any atom is 0.244 e. The van der Waals surface area contributed by atoms with Crippen LogP contribution in [-0.4, -0.2) is 30.8 Å². The lowest BCUT2D eigenvalue weighted by atomic mass is 10.1. The number of unbranched alkanes of at least 4 members (excludes halogenated alkanes) is 5. The summed E-state index contributed by atoms with van der Waals surface area (Å²) in [6.07, 6.45) is 11.1. The molecular formula is C14H28N2O2. The van der Waals surface area contributed by atoms with Gasteiger partial charge < -0.3 is 10.4 Å². The Hall–Kier alpha value is -0.870. The number of hydrogen-bond acceptors (Lipinski definition) is 3. The van der Waals surface area contributed by atoms with Crippen molar-refractivity contribution in [1.82, 2.24) is 10.6 Å². The highest BCUT2D eigenvalue weighted by Crippen LogP contribution is 2.03.